The van der Waals surface area contributed by atoms with Crippen molar-refractivity contribution in [2.45, 2.75) is 43.7 Å². The van der Waals surface area contributed by atoms with Gasteiger partial charge >= 0.3 is 15.6 Å². The van der Waals surface area contributed by atoms with Crippen molar-refractivity contribution < 1.29 is 30.6 Å². The molecule has 0 bridgehead atoms. The highest BCUT2D eigenvalue weighted by atomic mass is 35.5. The number of rotatable bonds is 5. The van der Waals surface area contributed by atoms with Gasteiger partial charge in [0.2, 0.25) is 5.91 Å². The Morgan fingerprint density at radius 2 is 1.88 bits per heavy atom. The van der Waals surface area contributed by atoms with Crippen LogP contribution in [0.1, 0.15) is 29.7 Å². The molecule has 0 N–H and O–H groups in total. The molecule has 2 aromatic rings. The maximum absolute atomic E-state index is 13.1. The largest absolute Gasteiger partial charge is 0.534 e. The van der Waals surface area contributed by atoms with E-state index in [0.717, 1.165) is 37.0 Å². The van der Waals surface area contributed by atoms with Crippen LogP contribution in [0.3, 0.4) is 0 Å². The minimum Gasteiger partial charge on any atom is -0.376 e. The van der Waals surface area contributed by atoms with E-state index in [9.17, 15) is 26.4 Å². The molecule has 1 aromatic heterocycles. The summed E-state index contributed by atoms with van der Waals surface area (Å²) in [5.74, 6) is -1.07. The zero-order valence-electron chi connectivity index (χ0n) is 17.4. The molecule has 0 saturated carbocycles. The van der Waals surface area contributed by atoms with Crippen LogP contribution in [0.2, 0.25) is 10.0 Å². The summed E-state index contributed by atoms with van der Waals surface area (Å²) < 4.78 is 66.1. The molecule has 33 heavy (non-hydrogen) atoms. The molecule has 1 saturated heterocycles. The maximum atomic E-state index is 13.1. The summed E-state index contributed by atoms with van der Waals surface area (Å²) in [5.41, 5.74) is -2.91. The topological polar surface area (TPSA) is 81.5 Å². The Morgan fingerprint density at radius 1 is 1.21 bits per heavy atom. The van der Waals surface area contributed by atoms with E-state index in [2.05, 4.69) is 9.28 Å². The fourth-order valence-electron chi connectivity index (χ4n) is 4.48. The van der Waals surface area contributed by atoms with Crippen LogP contribution in [-0.2, 0) is 41.2 Å². The molecule has 13 heteroatoms. The summed E-state index contributed by atoms with van der Waals surface area (Å²) in [6, 6.07) is 1.98. The normalized spacial score (nSPS) is 21.4. The monoisotopic (exact) mass is 525 g/mol. The molecule has 1 aromatic carbocycles. The van der Waals surface area contributed by atoms with Crippen molar-refractivity contribution in [3.8, 4) is 5.75 Å². The number of hydrogen-bond donors (Lipinski definition) is 0. The average Bonchev–Trinajstić information content (AvgIpc) is 3.26. The summed E-state index contributed by atoms with van der Waals surface area (Å²) in [4.78, 5) is 15.0. The highest BCUT2D eigenvalue weighted by Gasteiger charge is 2.48. The molecular weight excluding hydrogens is 506 g/mol. The lowest BCUT2D eigenvalue weighted by Gasteiger charge is -2.31. The Balaban J connectivity index is 1.46. The Morgan fingerprint density at radius 3 is 2.52 bits per heavy atom. The minimum atomic E-state index is -5.85. The third kappa shape index (κ3) is 4.67. The molecule has 2 atom stereocenters. The van der Waals surface area contributed by atoms with Gasteiger partial charge < -0.3 is 9.08 Å². The summed E-state index contributed by atoms with van der Waals surface area (Å²) in [6.45, 7) is 0.587. The third-order valence-electron chi connectivity index (χ3n) is 6.16. The maximum Gasteiger partial charge on any atom is 0.534 e. The molecule has 1 fully saturated rings. The smallest absolute Gasteiger partial charge is 0.376 e. The third-order valence-corrected chi connectivity index (χ3v) is 7.82. The summed E-state index contributed by atoms with van der Waals surface area (Å²) in [6.07, 6.45) is 5.02. The number of amides is 1. The molecule has 0 spiro atoms. The lowest BCUT2D eigenvalue weighted by Crippen LogP contribution is -2.41. The van der Waals surface area contributed by atoms with E-state index in [4.69, 9.17) is 23.2 Å². The van der Waals surface area contributed by atoms with Gasteiger partial charge in [0, 0.05) is 53.4 Å². The van der Waals surface area contributed by atoms with E-state index < -0.39 is 21.4 Å². The van der Waals surface area contributed by atoms with Crippen LogP contribution < -0.4 is 4.18 Å². The number of hydrogen-bond acceptors (Lipinski definition) is 5. The first kappa shape index (κ1) is 24.2. The van der Waals surface area contributed by atoms with Gasteiger partial charge in [-0.05, 0) is 43.2 Å². The zero-order valence-corrected chi connectivity index (χ0v) is 19.7. The summed E-state index contributed by atoms with van der Waals surface area (Å²) >= 11 is 12.3. The van der Waals surface area contributed by atoms with Gasteiger partial charge in [-0.1, -0.05) is 23.2 Å². The van der Waals surface area contributed by atoms with Gasteiger partial charge in [0.1, 0.15) is 5.75 Å². The van der Waals surface area contributed by atoms with Crippen molar-refractivity contribution in [2.75, 3.05) is 6.54 Å². The second-order valence-corrected chi connectivity index (χ2v) is 10.6. The first-order chi connectivity index (χ1) is 15.4. The second kappa shape index (κ2) is 8.66. The van der Waals surface area contributed by atoms with Crippen LogP contribution in [0.15, 0.2) is 18.3 Å². The number of alkyl halides is 3. The minimum absolute atomic E-state index is 0.0283. The van der Waals surface area contributed by atoms with Crippen molar-refractivity contribution in [1.82, 2.24) is 14.7 Å². The van der Waals surface area contributed by atoms with Gasteiger partial charge in [0.15, 0.2) is 0 Å². The SMILES string of the molecule is Cn1ncc2c1CCC(N1CCC(Cc3c(Cl)cc(OS(=O)(=O)C(F)(F)F)cc3Cl)C1=O)C2. The number of halogens is 5. The van der Waals surface area contributed by atoms with Gasteiger partial charge in [0.05, 0.1) is 6.20 Å². The molecule has 4 rings (SSSR count). The van der Waals surface area contributed by atoms with Crippen molar-refractivity contribution in [2.24, 2.45) is 13.0 Å². The number of aryl methyl sites for hydroxylation is 1. The van der Waals surface area contributed by atoms with Crippen LogP contribution in [0.4, 0.5) is 13.2 Å². The van der Waals surface area contributed by atoms with Crippen molar-refractivity contribution in [3.63, 3.8) is 0 Å². The molecule has 1 aliphatic carbocycles. The molecule has 180 valence electrons. The van der Waals surface area contributed by atoms with Crippen LogP contribution in [0, 0.1) is 5.92 Å². The first-order valence-electron chi connectivity index (χ1n) is 10.2. The number of nitrogens with zero attached hydrogens (tertiary/aromatic N) is 3. The number of benzene rings is 1. The molecule has 2 heterocycles. The Bertz CT molecular complexity index is 1180. The molecule has 1 aliphatic heterocycles. The predicted octanol–water partition coefficient (Wildman–Crippen LogP) is 3.90. The standard InChI is InChI=1S/C20H20Cl2F3N3O4S/c1-27-18-3-2-13(6-12(18)10-26-27)28-5-4-11(19(28)29)7-15-16(21)8-14(9-17(15)22)32-33(30,31)20(23,24)25/h8-11,13H,2-7H2,1H3. The summed E-state index contributed by atoms with van der Waals surface area (Å²) in [7, 11) is -3.95. The highest BCUT2D eigenvalue weighted by molar-refractivity contribution is 7.88. The Labute approximate surface area is 198 Å². The highest BCUT2D eigenvalue weighted by Crippen LogP contribution is 2.37. The van der Waals surface area contributed by atoms with Crippen LogP contribution in [-0.4, -0.2) is 47.1 Å². The van der Waals surface area contributed by atoms with Crippen LogP contribution >= 0.6 is 23.2 Å². The van der Waals surface area contributed by atoms with E-state index >= 15 is 0 Å². The predicted molar refractivity (Wildman–Crippen MR) is 115 cm³/mol. The number of fused-ring (bicyclic) bond motifs is 1. The van der Waals surface area contributed by atoms with Gasteiger partial charge in [-0.15, -0.1) is 0 Å². The molecular formula is C20H20Cl2F3N3O4S. The van der Waals surface area contributed by atoms with Crippen molar-refractivity contribution in [1.29, 1.82) is 0 Å². The Hall–Kier alpha value is -1.98. The fourth-order valence-corrected chi connectivity index (χ4v) is 5.55. The number of likely N-dealkylation sites (tertiary alicyclic amines) is 1. The van der Waals surface area contributed by atoms with Gasteiger partial charge in [0.25, 0.3) is 0 Å². The number of carbonyl (C=O) groups excluding carboxylic acids is 1. The van der Waals surface area contributed by atoms with E-state index in [1.54, 1.807) is 0 Å². The summed E-state index contributed by atoms with van der Waals surface area (Å²) in [5, 5.41) is 4.14. The van der Waals surface area contributed by atoms with Crippen LogP contribution in [0.25, 0.3) is 0 Å². The van der Waals surface area contributed by atoms with Gasteiger partial charge in [-0.2, -0.15) is 26.7 Å². The average molecular weight is 526 g/mol. The molecule has 0 radical (unpaired) electrons. The van der Waals surface area contributed by atoms with E-state index in [1.165, 1.54) is 5.69 Å². The molecule has 2 unspecified atom stereocenters. The van der Waals surface area contributed by atoms with Crippen molar-refractivity contribution >= 4 is 39.2 Å². The lowest BCUT2D eigenvalue weighted by atomic mass is 9.92. The van der Waals surface area contributed by atoms with Crippen LogP contribution in [0.5, 0.6) is 5.75 Å². The van der Waals surface area contributed by atoms with Gasteiger partial charge in [-0.3, -0.25) is 9.48 Å². The van der Waals surface area contributed by atoms with E-state index in [-0.39, 0.29) is 34.3 Å². The second-order valence-electron chi connectivity index (χ2n) is 8.21. The molecule has 1 amide bonds. The van der Waals surface area contributed by atoms with E-state index in [0.29, 0.717) is 18.5 Å². The number of carbonyl (C=O) groups is 1. The first-order valence-corrected chi connectivity index (χ1v) is 12.3. The molecule has 7 nitrogen and oxygen atoms in total. The van der Waals surface area contributed by atoms with E-state index in [1.807, 2.05) is 22.8 Å². The Kier molecular flexibility index (Phi) is 6.34. The molecule has 2 aliphatic rings. The van der Waals surface area contributed by atoms with Gasteiger partial charge in [-0.25, -0.2) is 0 Å². The fraction of sp³-hybridized carbons (Fsp3) is 0.500. The zero-order chi connectivity index (χ0) is 24.1. The van der Waals surface area contributed by atoms with Crippen molar-refractivity contribution in [3.05, 3.63) is 45.2 Å². The quantitative estimate of drug-likeness (QED) is 0.436. The number of aromatic nitrogens is 2. The lowest BCUT2D eigenvalue weighted by molar-refractivity contribution is -0.133.